The van der Waals surface area contributed by atoms with E-state index in [9.17, 15) is 23.8 Å². The molecule has 4 N–H and O–H groups in total. The molecule has 1 unspecified atom stereocenters. The summed E-state index contributed by atoms with van der Waals surface area (Å²) >= 11 is 0. The predicted molar refractivity (Wildman–Crippen MR) is 213 cm³/mol. The minimum absolute atomic E-state index is 0.267. The lowest BCUT2D eigenvalue weighted by molar-refractivity contribution is -0.161. The van der Waals surface area contributed by atoms with Crippen LogP contribution in [-0.2, 0) is 37.5 Å². The molecule has 12 heteroatoms. The highest BCUT2D eigenvalue weighted by atomic mass is 31.2. The number of hydrogen-bond donors (Lipinski definition) is 3. The van der Waals surface area contributed by atoms with Crippen molar-refractivity contribution < 1.29 is 54.3 Å². The number of ether oxygens (including phenoxy) is 2. The Hall–Kier alpha value is -1.78. The van der Waals surface area contributed by atoms with Crippen molar-refractivity contribution in [1.82, 2.24) is 0 Å². The van der Waals surface area contributed by atoms with Gasteiger partial charge in [-0.15, -0.1) is 0 Å². The summed E-state index contributed by atoms with van der Waals surface area (Å²) in [6, 6.07) is -1.80. The van der Waals surface area contributed by atoms with E-state index in [-0.39, 0.29) is 19.3 Å². The quantitative estimate of drug-likeness (QED) is 0.0234. The zero-order chi connectivity index (χ0) is 43.8. The topological polar surface area (TPSA) is 172 Å². The third kappa shape index (κ3) is 36.9. The molecular weight excluding hydrogens is 697 g/mol. The molecule has 0 aliphatic heterocycles. The molecule has 53 heavy (non-hydrogen) atoms. The summed E-state index contributed by atoms with van der Waals surface area (Å²) in [5.74, 6) is -3.97. The minimum Gasteiger partial charge on any atom is -0.480 e. The maximum absolute atomic E-state index is 12.9. The van der Waals surface area contributed by atoms with Crippen molar-refractivity contribution in [2.75, 3.05) is 19.7 Å². The van der Waals surface area contributed by atoms with E-state index in [0.29, 0.717) is 19.3 Å². The average Bonchev–Trinajstić information content (AvgIpc) is 3.14. The normalized spacial score (nSPS) is 16.4. The Bertz CT molecular complexity index is 1180. The number of carbonyl (C=O) groups excluding carboxylic acids is 2. The lowest BCUT2D eigenvalue weighted by Crippen LogP contribution is -2.34. The first kappa shape index (κ1) is 42.4. The van der Waals surface area contributed by atoms with E-state index < -0.39 is 57.6 Å². The number of carbonyl (C=O) groups is 3. The van der Waals surface area contributed by atoms with Crippen LogP contribution in [0.25, 0.3) is 0 Å². The van der Waals surface area contributed by atoms with E-state index in [1.807, 2.05) is 0 Å². The number of esters is 2. The molecule has 0 fully saturated rings. The zero-order valence-corrected chi connectivity index (χ0v) is 34.0. The van der Waals surface area contributed by atoms with Crippen molar-refractivity contribution in [2.24, 2.45) is 5.73 Å². The molecule has 0 amide bonds. The Morgan fingerprint density at radius 3 is 1.47 bits per heavy atom. The second kappa shape index (κ2) is 37.2. The van der Waals surface area contributed by atoms with Gasteiger partial charge >= 0.3 is 25.7 Å². The van der Waals surface area contributed by atoms with E-state index in [2.05, 4.69) is 35.0 Å². The Labute approximate surface area is 329 Å². The summed E-state index contributed by atoms with van der Waals surface area (Å²) in [6.07, 6.45) is 28.2. The number of hydrogen-bond acceptors (Lipinski definition) is 9. The van der Waals surface area contributed by atoms with Crippen molar-refractivity contribution in [3.63, 3.8) is 0 Å². The van der Waals surface area contributed by atoms with E-state index in [4.69, 9.17) is 27.2 Å². The number of phosphoric acid groups is 1. The van der Waals surface area contributed by atoms with Crippen LogP contribution < -0.4 is 5.73 Å². The molecule has 3 atom stereocenters. The molecule has 0 aliphatic carbocycles. The average molecular weight is 781 g/mol. The fraction of sp³-hybridized carbons (Fsp3) is 0.878. The van der Waals surface area contributed by atoms with Crippen LogP contribution in [0.3, 0.4) is 0 Å². The summed E-state index contributed by atoms with van der Waals surface area (Å²) in [6.45, 7) is -4.39. The van der Waals surface area contributed by atoms with Gasteiger partial charge in [0.2, 0.25) is 0 Å². The SMILES string of the molecule is [2H]C([2H])(OC(=O)CCCCCCCCCCCCCCCC)[C@@]([2H])(OC(=O)CCCCCCC/C=C\CCCCCCCC)C([2H])([2H])OP(=O)(O)OC[C@H](N)C(=O)O. The molecule has 312 valence electrons. The van der Waals surface area contributed by atoms with Gasteiger partial charge in [0.15, 0.2) is 6.08 Å². The number of phosphoric ester groups is 1. The standard InChI is InChI=1S/C41H78NO10P/c1-3-5-7-9-11-13-15-17-19-21-23-25-27-29-31-33-40(44)52-37(35-50-53(47,48)51-36-38(42)41(45)46)34-49-39(43)32-30-28-26-24-22-20-18-16-14-12-10-8-6-4-2/h17,19,37-38H,3-16,18,20-36,42H2,1-2H3,(H,45,46)(H,47,48)/b19-17-/t37-,38+/m1/s1/i34D2,35D2,37D. The first-order valence-electron chi connectivity index (χ1n) is 23.2. The van der Waals surface area contributed by atoms with E-state index in [0.717, 1.165) is 57.8 Å². The largest absolute Gasteiger partial charge is 0.480 e. The molecule has 11 nitrogen and oxygen atoms in total. The maximum Gasteiger partial charge on any atom is 0.472 e. The van der Waals surface area contributed by atoms with E-state index in [1.54, 1.807) is 0 Å². The van der Waals surface area contributed by atoms with Gasteiger partial charge in [-0.3, -0.25) is 23.4 Å². The van der Waals surface area contributed by atoms with Crippen LogP contribution in [0.1, 0.15) is 207 Å². The molecule has 0 aromatic carbocycles. The highest BCUT2D eigenvalue weighted by Crippen LogP contribution is 2.43. The molecule has 0 radical (unpaired) electrons. The van der Waals surface area contributed by atoms with Gasteiger partial charge in [0.1, 0.15) is 12.6 Å². The van der Waals surface area contributed by atoms with Crippen LogP contribution in [0.5, 0.6) is 0 Å². The molecule has 0 rings (SSSR count). The maximum atomic E-state index is 12.9. The van der Waals surface area contributed by atoms with Crippen molar-refractivity contribution in [3.8, 4) is 0 Å². The van der Waals surface area contributed by atoms with Crippen molar-refractivity contribution in [3.05, 3.63) is 12.2 Å². The molecular formula is C41H78NO10P. The van der Waals surface area contributed by atoms with Crippen molar-refractivity contribution in [2.45, 2.75) is 212 Å². The lowest BCUT2D eigenvalue weighted by Gasteiger charge is -2.20. The van der Waals surface area contributed by atoms with E-state index in [1.165, 1.54) is 89.9 Å². The fourth-order valence-corrected chi connectivity index (χ4v) is 6.16. The number of aliphatic carboxylic acids is 1. The second-order valence-corrected chi connectivity index (χ2v) is 15.3. The molecule has 0 aromatic rings. The van der Waals surface area contributed by atoms with E-state index >= 15 is 0 Å². The summed E-state index contributed by atoms with van der Waals surface area (Å²) < 4.78 is 73.5. The number of unbranched alkanes of at least 4 members (excludes halogenated alkanes) is 24. The number of nitrogens with two attached hydrogens (primary N) is 1. The highest BCUT2D eigenvalue weighted by molar-refractivity contribution is 7.47. The Morgan fingerprint density at radius 1 is 0.642 bits per heavy atom. The van der Waals surface area contributed by atoms with Crippen LogP contribution in [0.2, 0.25) is 0 Å². The molecule has 0 saturated carbocycles. The van der Waals surface area contributed by atoms with Gasteiger partial charge in [0.05, 0.1) is 20.0 Å². The number of rotatable bonds is 40. The smallest absolute Gasteiger partial charge is 0.472 e. The molecule has 0 saturated heterocycles. The molecule has 0 aromatic heterocycles. The van der Waals surface area contributed by atoms with Gasteiger partial charge in [0.25, 0.3) is 0 Å². The Morgan fingerprint density at radius 2 is 1.04 bits per heavy atom. The van der Waals surface area contributed by atoms with Crippen LogP contribution in [0.4, 0.5) is 0 Å². The van der Waals surface area contributed by atoms with Crippen LogP contribution in [0.15, 0.2) is 12.2 Å². The third-order valence-electron chi connectivity index (χ3n) is 8.84. The number of allylic oxidation sites excluding steroid dienone is 2. The molecule has 0 spiro atoms. The third-order valence-corrected chi connectivity index (χ3v) is 9.64. The fourth-order valence-electron chi connectivity index (χ4n) is 5.56. The Balaban J connectivity index is 5.10. The summed E-state index contributed by atoms with van der Waals surface area (Å²) in [4.78, 5) is 46.8. The number of carboxylic acids is 1. The van der Waals surface area contributed by atoms with Crippen molar-refractivity contribution >= 4 is 25.7 Å². The number of carboxylic acid groups (broad SMARTS) is 1. The van der Waals surface area contributed by atoms with Crippen LogP contribution in [0, 0.1) is 0 Å². The van der Waals surface area contributed by atoms with Crippen LogP contribution >= 0.6 is 7.82 Å². The lowest BCUT2D eigenvalue weighted by atomic mass is 10.0. The monoisotopic (exact) mass is 781 g/mol. The second-order valence-electron chi connectivity index (χ2n) is 14.0. The Kier molecular flexibility index (Phi) is 29.7. The van der Waals surface area contributed by atoms with Gasteiger partial charge in [-0.25, -0.2) is 4.57 Å². The van der Waals surface area contributed by atoms with Crippen molar-refractivity contribution in [1.29, 1.82) is 0 Å². The van der Waals surface area contributed by atoms with Gasteiger partial charge in [-0.1, -0.05) is 161 Å². The minimum atomic E-state index is -5.59. The summed E-state index contributed by atoms with van der Waals surface area (Å²) in [5, 5.41) is 8.93. The molecule has 0 aliphatic rings. The first-order valence-corrected chi connectivity index (χ1v) is 22.2. The highest BCUT2D eigenvalue weighted by Gasteiger charge is 2.28. The van der Waals surface area contributed by atoms with Gasteiger partial charge in [0, 0.05) is 12.8 Å². The van der Waals surface area contributed by atoms with Crippen LogP contribution in [-0.4, -0.2) is 59.8 Å². The molecule has 0 bridgehead atoms. The predicted octanol–water partition coefficient (Wildman–Crippen LogP) is 10.9. The molecule has 0 heterocycles. The van der Waals surface area contributed by atoms with Gasteiger partial charge < -0.3 is 25.2 Å². The van der Waals surface area contributed by atoms with Gasteiger partial charge in [-0.2, -0.15) is 0 Å². The summed E-state index contributed by atoms with van der Waals surface area (Å²) in [7, 11) is -5.59. The van der Waals surface area contributed by atoms with Gasteiger partial charge in [-0.05, 0) is 38.5 Å². The first-order chi connectivity index (χ1) is 27.4. The summed E-state index contributed by atoms with van der Waals surface area (Å²) in [5.41, 5.74) is 5.27. The zero-order valence-electron chi connectivity index (χ0n) is 38.1.